The minimum atomic E-state index is 0.167. The topological polar surface area (TPSA) is 73.1 Å². The van der Waals surface area contributed by atoms with E-state index in [1.54, 1.807) is 19.5 Å². The van der Waals surface area contributed by atoms with Crippen LogP contribution in [0.2, 0.25) is 0 Å². The van der Waals surface area contributed by atoms with Crippen molar-refractivity contribution in [3.05, 3.63) is 30.4 Å². The Morgan fingerprint density at radius 2 is 2.17 bits per heavy atom. The van der Waals surface area contributed by atoms with E-state index in [-0.39, 0.29) is 6.04 Å². The van der Waals surface area contributed by atoms with Crippen LogP contribution in [0.4, 0.5) is 0 Å². The van der Waals surface area contributed by atoms with Gasteiger partial charge in [0.25, 0.3) is 0 Å². The van der Waals surface area contributed by atoms with Gasteiger partial charge in [-0.2, -0.15) is 4.98 Å². The molecule has 6 heteroatoms. The highest BCUT2D eigenvalue weighted by atomic mass is 16.5. The van der Waals surface area contributed by atoms with Crippen LogP contribution in [0.15, 0.2) is 29.0 Å². The van der Waals surface area contributed by atoms with Gasteiger partial charge in [0.05, 0.1) is 6.61 Å². The summed E-state index contributed by atoms with van der Waals surface area (Å²) >= 11 is 0. The number of hydrogen-bond acceptors (Lipinski definition) is 6. The maximum atomic E-state index is 5.22. The van der Waals surface area contributed by atoms with Gasteiger partial charge in [-0.1, -0.05) is 5.16 Å². The number of nitrogens with one attached hydrogen (secondary N) is 1. The maximum absolute atomic E-state index is 5.22. The second kappa shape index (κ2) is 6.23. The summed E-state index contributed by atoms with van der Waals surface area (Å²) < 4.78 is 10.3. The van der Waals surface area contributed by atoms with Gasteiger partial charge in [-0.3, -0.25) is 4.98 Å². The molecule has 0 radical (unpaired) electrons. The number of hydrogen-bond donors (Lipinski definition) is 1. The fourth-order valence-corrected chi connectivity index (χ4v) is 1.61. The second-order valence-electron chi connectivity index (χ2n) is 3.89. The molecule has 0 aliphatic carbocycles. The molecule has 0 fully saturated rings. The van der Waals surface area contributed by atoms with Crippen molar-refractivity contribution in [3.8, 4) is 11.4 Å². The highest BCUT2D eigenvalue weighted by Gasteiger charge is 2.13. The molecule has 2 aromatic heterocycles. The summed E-state index contributed by atoms with van der Waals surface area (Å²) in [5.41, 5.74) is 0.896. The van der Waals surface area contributed by atoms with E-state index in [2.05, 4.69) is 20.4 Å². The summed E-state index contributed by atoms with van der Waals surface area (Å²) in [6, 6.07) is 3.86. The Morgan fingerprint density at radius 3 is 2.83 bits per heavy atom. The molecule has 2 heterocycles. The zero-order valence-electron chi connectivity index (χ0n) is 10.5. The lowest BCUT2D eigenvalue weighted by atomic mass is 10.2. The van der Waals surface area contributed by atoms with Crippen LogP contribution in [0.5, 0.6) is 0 Å². The van der Waals surface area contributed by atoms with Crippen LogP contribution in [0.25, 0.3) is 11.4 Å². The highest BCUT2D eigenvalue weighted by molar-refractivity contribution is 5.52. The van der Waals surface area contributed by atoms with Crippen molar-refractivity contribution in [1.29, 1.82) is 0 Å². The molecule has 1 N–H and O–H groups in total. The second-order valence-corrected chi connectivity index (χ2v) is 3.89. The van der Waals surface area contributed by atoms with Gasteiger partial charge in [-0.25, -0.2) is 0 Å². The molecule has 0 bridgehead atoms. The zero-order chi connectivity index (χ0) is 12.8. The Morgan fingerprint density at radius 1 is 1.39 bits per heavy atom. The van der Waals surface area contributed by atoms with Gasteiger partial charge in [0.1, 0.15) is 0 Å². The van der Waals surface area contributed by atoms with Gasteiger partial charge in [0.15, 0.2) is 0 Å². The van der Waals surface area contributed by atoms with E-state index >= 15 is 0 Å². The third-order valence-corrected chi connectivity index (χ3v) is 2.60. The first-order valence-electron chi connectivity index (χ1n) is 5.72. The molecule has 0 aliphatic heterocycles. The number of pyridine rings is 1. The summed E-state index contributed by atoms with van der Waals surface area (Å²) in [6.07, 6.45) is 4.04. The lowest BCUT2D eigenvalue weighted by molar-refractivity contribution is 0.165. The molecule has 0 saturated carbocycles. The highest BCUT2D eigenvalue weighted by Crippen LogP contribution is 2.14. The summed E-state index contributed by atoms with van der Waals surface area (Å²) in [5.74, 6) is 1.18. The van der Waals surface area contributed by atoms with E-state index in [1.165, 1.54) is 0 Å². The lowest BCUT2D eigenvalue weighted by Gasteiger charge is -2.11. The molecule has 0 spiro atoms. The van der Waals surface area contributed by atoms with E-state index in [0.717, 1.165) is 5.56 Å². The minimum absolute atomic E-state index is 0.167. The van der Waals surface area contributed by atoms with Crippen LogP contribution in [-0.4, -0.2) is 41.9 Å². The third kappa shape index (κ3) is 3.12. The van der Waals surface area contributed by atoms with E-state index in [1.807, 2.05) is 19.2 Å². The predicted molar refractivity (Wildman–Crippen MR) is 66.0 cm³/mol. The van der Waals surface area contributed by atoms with Gasteiger partial charge in [0, 0.05) is 37.5 Å². The Balaban J connectivity index is 2.06. The first-order chi connectivity index (χ1) is 8.83. The Labute approximate surface area is 105 Å². The largest absolute Gasteiger partial charge is 0.383 e. The monoisotopic (exact) mass is 248 g/mol. The van der Waals surface area contributed by atoms with Crippen LogP contribution in [0, 0.1) is 0 Å². The maximum Gasteiger partial charge on any atom is 0.228 e. The van der Waals surface area contributed by atoms with E-state index < -0.39 is 0 Å². The van der Waals surface area contributed by atoms with Gasteiger partial charge in [0.2, 0.25) is 11.7 Å². The first kappa shape index (κ1) is 12.7. The minimum Gasteiger partial charge on any atom is -0.383 e. The van der Waals surface area contributed by atoms with Crippen LogP contribution in [-0.2, 0) is 11.2 Å². The predicted octanol–water partition coefficient (Wildman–Crippen LogP) is 0.908. The number of likely N-dealkylation sites (N-methyl/N-ethyl adjacent to an activating group) is 1. The normalized spacial score (nSPS) is 12.6. The third-order valence-electron chi connectivity index (χ3n) is 2.60. The number of aromatic nitrogens is 3. The fraction of sp³-hybridized carbons (Fsp3) is 0.417. The molecule has 2 rings (SSSR count). The quantitative estimate of drug-likeness (QED) is 0.819. The number of nitrogens with zero attached hydrogens (tertiary/aromatic N) is 3. The Kier molecular flexibility index (Phi) is 4.38. The summed E-state index contributed by atoms with van der Waals surface area (Å²) in [4.78, 5) is 8.30. The van der Waals surface area contributed by atoms with Crippen molar-refractivity contribution in [2.45, 2.75) is 12.5 Å². The van der Waals surface area contributed by atoms with Crippen LogP contribution >= 0.6 is 0 Å². The van der Waals surface area contributed by atoms with E-state index in [9.17, 15) is 0 Å². The molecule has 6 nitrogen and oxygen atoms in total. The smallest absolute Gasteiger partial charge is 0.228 e. The number of ether oxygens (including phenoxy) is 1. The molecular weight excluding hydrogens is 232 g/mol. The van der Waals surface area contributed by atoms with Crippen LogP contribution < -0.4 is 5.32 Å². The average molecular weight is 248 g/mol. The Hall–Kier alpha value is -1.79. The standard InChI is InChI=1S/C12H16N4O2/c1-13-10(8-17-2)7-11-15-12(16-18-11)9-3-5-14-6-4-9/h3-6,10,13H,7-8H2,1-2H3. The summed E-state index contributed by atoms with van der Waals surface area (Å²) in [5, 5.41) is 7.09. The van der Waals surface area contributed by atoms with Gasteiger partial charge >= 0.3 is 0 Å². The van der Waals surface area contributed by atoms with Gasteiger partial charge < -0.3 is 14.6 Å². The van der Waals surface area contributed by atoms with Gasteiger partial charge in [-0.05, 0) is 19.2 Å². The van der Waals surface area contributed by atoms with Crippen molar-refractivity contribution in [2.24, 2.45) is 0 Å². The molecule has 18 heavy (non-hydrogen) atoms. The van der Waals surface area contributed by atoms with Crippen molar-refractivity contribution in [1.82, 2.24) is 20.4 Å². The van der Waals surface area contributed by atoms with E-state index in [0.29, 0.717) is 24.7 Å². The fourth-order valence-electron chi connectivity index (χ4n) is 1.61. The SMILES string of the molecule is CNC(COC)Cc1nc(-c2ccncc2)no1. The average Bonchev–Trinajstić information content (AvgIpc) is 2.88. The van der Waals surface area contributed by atoms with Crippen molar-refractivity contribution >= 4 is 0 Å². The zero-order valence-corrected chi connectivity index (χ0v) is 10.5. The summed E-state index contributed by atoms with van der Waals surface area (Å²) in [6.45, 7) is 0.601. The molecule has 0 saturated heterocycles. The van der Waals surface area contributed by atoms with Crippen molar-refractivity contribution in [3.63, 3.8) is 0 Å². The number of rotatable bonds is 6. The molecule has 2 aromatic rings. The number of methoxy groups -OCH3 is 1. The molecule has 0 aromatic carbocycles. The Bertz CT molecular complexity index is 472. The lowest BCUT2D eigenvalue weighted by Crippen LogP contribution is -2.32. The summed E-state index contributed by atoms with van der Waals surface area (Å²) in [7, 11) is 3.55. The molecular formula is C12H16N4O2. The van der Waals surface area contributed by atoms with Gasteiger partial charge in [-0.15, -0.1) is 0 Å². The first-order valence-corrected chi connectivity index (χ1v) is 5.72. The van der Waals surface area contributed by atoms with E-state index in [4.69, 9.17) is 9.26 Å². The molecule has 0 amide bonds. The van der Waals surface area contributed by atoms with Crippen LogP contribution in [0.1, 0.15) is 5.89 Å². The molecule has 96 valence electrons. The van der Waals surface area contributed by atoms with Crippen molar-refractivity contribution in [2.75, 3.05) is 20.8 Å². The van der Waals surface area contributed by atoms with Crippen molar-refractivity contribution < 1.29 is 9.26 Å². The molecule has 1 unspecified atom stereocenters. The van der Waals surface area contributed by atoms with Crippen LogP contribution in [0.3, 0.4) is 0 Å². The molecule has 1 atom stereocenters. The molecule has 0 aliphatic rings.